The van der Waals surface area contributed by atoms with Crippen LogP contribution in [0.25, 0.3) is 0 Å². The van der Waals surface area contributed by atoms with Crippen molar-refractivity contribution in [2.75, 3.05) is 13.2 Å². The fourth-order valence-corrected chi connectivity index (χ4v) is 6.42. The molecule has 1 spiro atoms. The molecule has 0 saturated carbocycles. The highest BCUT2D eigenvalue weighted by molar-refractivity contribution is 5.95. The number of carbonyl (C=O) groups excluding carboxylic acids is 1. The van der Waals surface area contributed by atoms with Crippen molar-refractivity contribution in [1.82, 2.24) is 0 Å². The molecule has 1 heterocycles. The van der Waals surface area contributed by atoms with Crippen LogP contribution >= 0.6 is 0 Å². The van der Waals surface area contributed by atoms with Crippen LogP contribution in [0.4, 0.5) is 0 Å². The van der Waals surface area contributed by atoms with Crippen LogP contribution in [0.15, 0.2) is 34.4 Å². The normalized spacial score (nSPS) is 38.8. The molecule has 1 saturated heterocycles. The maximum Gasteiger partial charge on any atom is 0.172 e. The van der Waals surface area contributed by atoms with Crippen molar-refractivity contribution in [3.05, 3.63) is 34.4 Å². The van der Waals surface area contributed by atoms with E-state index in [4.69, 9.17) is 9.47 Å². The Balaban J connectivity index is 1.47. The molecule has 3 nitrogen and oxygen atoms in total. The quantitative estimate of drug-likeness (QED) is 0.705. The van der Waals surface area contributed by atoms with Crippen molar-refractivity contribution in [2.24, 2.45) is 17.3 Å². The maximum atomic E-state index is 12.1. The summed E-state index contributed by atoms with van der Waals surface area (Å²) in [6.45, 7) is 5.55. The Morgan fingerprint density at radius 1 is 1.20 bits per heavy atom. The van der Waals surface area contributed by atoms with Crippen LogP contribution in [0.3, 0.4) is 0 Å². The summed E-state index contributed by atoms with van der Waals surface area (Å²) < 4.78 is 11.9. The molecule has 1 aliphatic heterocycles. The van der Waals surface area contributed by atoms with E-state index in [2.05, 4.69) is 19.1 Å². The molecule has 0 amide bonds. The smallest absolute Gasteiger partial charge is 0.172 e. The molecule has 0 aromatic rings. The summed E-state index contributed by atoms with van der Waals surface area (Å²) in [5, 5.41) is 0. The van der Waals surface area contributed by atoms with Crippen molar-refractivity contribution < 1.29 is 14.3 Å². The standard InChI is InChI=1S/C22H28O3/c1-14(23)19-5-6-20-18-4-3-15-13-22(24-11-12-25-22)10-8-16(15)17(18)7-9-21(19,20)2/h5,7,18,20H,3-4,6,8-13H2,1-2H3. The fourth-order valence-electron chi connectivity index (χ4n) is 6.42. The third-order valence-electron chi connectivity index (χ3n) is 7.60. The number of hydrogen-bond donors (Lipinski definition) is 0. The topological polar surface area (TPSA) is 35.5 Å². The first-order valence-electron chi connectivity index (χ1n) is 9.93. The lowest BCUT2D eigenvalue weighted by atomic mass is 9.57. The molecule has 3 unspecified atom stereocenters. The minimum absolute atomic E-state index is 0.0611. The van der Waals surface area contributed by atoms with Gasteiger partial charge in [-0.3, -0.25) is 4.79 Å². The number of ketones is 1. The van der Waals surface area contributed by atoms with Crippen molar-refractivity contribution >= 4 is 5.78 Å². The van der Waals surface area contributed by atoms with Gasteiger partial charge in [-0.25, -0.2) is 0 Å². The zero-order valence-electron chi connectivity index (χ0n) is 15.4. The van der Waals surface area contributed by atoms with Crippen LogP contribution in [0.2, 0.25) is 0 Å². The highest BCUT2D eigenvalue weighted by Gasteiger charge is 2.51. The molecule has 3 heteroatoms. The van der Waals surface area contributed by atoms with E-state index in [-0.39, 0.29) is 17.0 Å². The molecule has 0 aromatic heterocycles. The molecule has 5 rings (SSSR count). The molecule has 0 N–H and O–H groups in total. The second kappa shape index (κ2) is 5.40. The van der Waals surface area contributed by atoms with Crippen LogP contribution in [-0.4, -0.2) is 24.8 Å². The summed E-state index contributed by atoms with van der Waals surface area (Å²) >= 11 is 0. The van der Waals surface area contributed by atoms with Gasteiger partial charge < -0.3 is 9.47 Å². The summed E-state index contributed by atoms with van der Waals surface area (Å²) in [6, 6.07) is 0. The van der Waals surface area contributed by atoms with Crippen molar-refractivity contribution in [3.63, 3.8) is 0 Å². The number of fused-ring (bicyclic) bond motifs is 4. The second-order valence-corrected chi connectivity index (χ2v) is 8.81. The van der Waals surface area contributed by atoms with Gasteiger partial charge in [0.1, 0.15) is 0 Å². The lowest BCUT2D eigenvalue weighted by molar-refractivity contribution is -0.164. The number of carbonyl (C=O) groups is 1. The van der Waals surface area contributed by atoms with Crippen molar-refractivity contribution in [2.45, 2.75) is 64.6 Å². The Bertz CT molecular complexity index is 720. The van der Waals surface area contributed by atoms with Gasteiger partial charge in [0.25, 0.3) is 0 Å². The Kier molecular flexibility index (Phi) is 3.46. The molecule has 4 aliphatic carbocycles. The van der Waals surface area contributed by atoms with Crippen molar-refractivity contribution in [1.29, 1.82) is 0 Å². The van der Waals surface area contributed by atoms with Crippen LogP contribution in [0.1, 0.15) is 58.8 Å². The molecule has 25 heavy (non-hydrogen) atoms. The van der Waals surface area contributed by atoms with E-state index in [1.807, 2.05) is 0 Å². The first-order chi connectivity index (χ1) is 12.0. The molecule has 134 valence electrons. The third-order valence-corrected chi connectivity index (χ3v) is 7.60. The highest BCUT2D eigenvalue weighted by atomic mass is 16.7. The predicted molar refractivity (Wildman–Crippen MR) is 95.9 cm³/mol. The Morgan fingerprint density at radius 3 is 2.76 bits per heavy atom. The average Bonchev–Trinajstić information content (AvgIpc) is 3.18. The zero-order chi connectivity index (χ0) is 17.2. The number of hydrogen-bond acceptors (Lipinski definition) is 3. The summed E-state index contributed by atoms with van der Waals surface area (Å²) in [6.07, 6.45) is 12.3. The van der Waals surface area contributed by atoms with Gasteiger partial charge >= 0.3 is 0 Å². The Labute approximate surface area is 150 Å². The van der Waals surface area contributed by atoms with Gasteiger partial charge in [0, 0.05) is 18.3 Å². The first-order valence-corrected chi connectivity index (χ1v) is 9.93. The predicted octanol–water partition coefficient (Wildman–Crippen LogP) is 4.49. The summed E-state index contributed by atoms with van der Waals surface area (Å²) in [4.78, 5) is 12.1. The van der Waals surface area contributed by atoms with Gasteiger partial charge in [-0.05, 0) is 67.6 Å². The van der Waals surface area contributed by atoms with E-state index < -0.39 is 0 Å². The molecule has 0 aromatic carbocycles. The van der Waals surface area contributed by atoms with E-state index in [0.29, 0.717) is 11.8 Å². The van der Waals surface area contributed by atoms with E-state index in [1.54, 1.807) is 23.6 Å². The molecule has 0 radical (unpaired) electrons. The minimum atomic E-state index is -0.313. The summed E-state index contributed by atoms with van der Waals surface area (Å²) in [5.74, 6) is 1.19. The molecular formula is C22H28O3. The van der Waals surface area contributed by atoms with Crippen LogP contribution in [-0.2, 0) is 14.3 Å². The SMILES string of the molecule is CC(=O)C1=CCC2C3CCC4=C(CCC5(C4)OCCO5)C3=CCC12C. The molecule has 3 atom stereocenters. The summed E-state index contributed by atoms with van der Waals surface area (Å²) in [7, 11) is 0. The van der Waals surface area contributed by atoms with E-state index in [0.717, 1.165) is 50.9 Å². The average molecular weight is 340 g/mol. The third kappa shape index (κ3) is 2.21. The number of Topliss-reactive ketones (excluding diaryl/α,β-unsaturated/α-hetero) is 1. The minimum Gasteiger partial charge on any atom is -0.347 e. The second-order valence-electron chi connectivity index (χ2n) is 8.81. The first kappa shape index (κ1) is 16.0. The van der Waals surface area contributed by atoms with E-state index in [9.17, 15) is 4.79 Å². The van der Waals surface area contributed by atoms with Crippen LogP contribution < -0.4 is 0 Å². The van der Waals surface area contributed by atoms with E-state index >= 15 is 0 Å². The Hall–Kier alpha value is -1.19. The highest BCUT2D eigenvalue weighted by Crippen LogP contribution is 2.60. The number of rotatable bonds is 1. The lowest BCUT2D eigenvalue weighted by Gasteiger charge is -2.48. The number of ether oxygens (including phenoxy) is 2. The number of allylic oxidation sites excluding steroid dienone is 5. The van der Waals surface area contributed by atoms with Gasteiger partial charge in [-0.1, -0.05) is 24.6 Å². The molecule has 1 fully saturated rings. The summed E-state index contributed by atoms with van der Waals surface area (Å²) in [5.41, 5.74) is 5.94. The maximum absolute atomic E-state index is 12.1. The van der Waals surface area contributed by atoms with Gasteiger partial charge in [-0.2, -0.15) is 0 Å². The molecule has 5 aliphatic rings. The van der Waals surface area contributed by atoms with E-state index in [1.165, 1.54) is 12.8 Å². The largest absolute Gasteiger partial charge is 0.347 e. The zero-order valence-corrected chi connectivity index (χ0v) is 15.4. The van der Waals surface area contributed by atoms with Crippen LogP contribution in [0.5, 0.6) is 0 Å². The van der Waals surface area contributed by atoms with Gasteiger partial charge in [0.15, 0.2) is 11.6 Å². The van der Waals surface area contributed by atoms with Gasteiger partial charge in [-0.15, -0.1) is 0 Å². The monoisotopic (exact) mass is 340 g/mol. The van der Waals surface area contributed by atoms with Gasteiger partial charge in [0.05, 0.1) is 13.2 Å². The van der Waals surface area contributed by atoms with Crippen molar-refractivity contribution in [3.8, 4) is 0 Å². The Morgan fingerprint density at radius 2 is 2.00 bits per heavy atom. The van der Waals surface area contributed by atoms with Crippen LogP contribution in [0, 0.1) is 17.3 Å². The fraction of sp³-hybridized carbons (Fsp3) is 0.682. The molecular weight excluding hydrogens is 312 g/mol. The lowest BCUT2D eigenvalue weighted by Crippen LogP contribution is -2.40. The van der Waals surface area contributed by atoms with Gasteiger partial charge in [0.2, 0.25) is 0 Å². The molecule has 0 bridgehead atoms.